The van der Waals surface area contributed by atoms with Gasteiger partial charge in [0.1, 0.15) is 12.4 Å². The average Bonchev–Trinajstić information content (AvgIpc) is 2.93. The molecular formula is C17H20BrNO2. The van der Waals surface area contributed by atoms with Crippen LogP contribution in [0.3, 0.4) is 0 Å². The van der Waals surface area contributed by atoms with Crippen molar-refractivity contribution in [3.8, 4) is 5.75 Å². The van der Waals surface area contributed by atoms with E-state index >= 15 is 0 Å². The summed E-state index contributed by atoms with van der Waals surface area (Å²) in [5, 5.41) is 5.56. The van der Waals surface area contributed by atoms with Crippen molar-refractivity contribution in [1.29, 1.82) is 0 Å². The van der Waals surface area contributed by atoms with E-state index in [1.807, 2.05) is 13.1 Å². The number of nitrogens with one attached hydrogen (secondary N) is 1. The molecule has 1 aliphatic rings. The molecule has 1 heterocycles. The molecule has 3 nitrogen and oxygen atoms in total. The Morgan fingerprint density at radius 3 is 2.76 bits per heavy atom. The number of ether oxygens (including phenoxy) is 2. The molecule has 112 valence electrons. The van der Waals surface area contributed by atoms with Crippen molar-refractivity contribution < 1.29 is 9.47 Å². The molecule has 4 heteroatoms. The van der Waals surface area contributed by atoms with Gasteiger partial charge in [0.25, 0.3) is 0 Å². The van der Waals surface area contributed by atoms with Crippen molar-refractivity contribution in [2.45, 2.75) is 25.0 Å². The van der Waals surface area contributed by atoms with Gasteiger partial charge in [0, 0.05) is 11.0 Å². The third-order valence-electron chi connectivity index (χ3n) is 3.84. The zero-order valence-corrected chi connectivity index (χ0v) is 13.7. The Labute approximate surface area is 133 Å². The quantitative estimate of drug-likeness (QED) is 0.891. The molecule has 0 aliphatic carbocycles. The molecule has 2 aromatic rings. The SMILES string of the molecule is CNCC1CCC(COc2ccc3cc(Br)ccc3c2)O1. The zero-order chi connectivity index (χ0) is 14.7. The standard InChI is InChI=1S/C17H20BrNO2/c1-19-10-16-6-7-17(21-16)11-20-15-5-3-12-8-14(18)4-2-13(12)9-15/h2-5,8-9,16-17,19H,6-7,10-11H2,1H3. The van der Waals surface area contributed by atoms with Gasteiger partial charge in [-0.1, -0.05) is 28.1 Å². The van der Waals surface area contributed by atoms with Gasteiger partial charge in [-0.05, 0) is 54.9 Å². The minimum Gasteiger partial charge on any atom is -0.491 e. The van der Waals surface area contributed by atoms with E-state index in [0.717, 1.165) is 29.6 Å². The summed E-state index contributed by atoms with van der Waals surface area (Å²) >= 11 is 3.49. The molecule has 2 aromatic carbocycles. The van der Waals surface area contributed by atoms with Crippen molar-refractivity contribution >= 4 is 26.7 Å². The highest BCUT2D eigenvalue weighted by Gasteiger charge is 2.25. The van der Waals surface area contributed by atoms with Crippen LogP contribution >= 0.6 is 15.9 Å². The monoisotopic (exact) mass is 349 g/mol. The van der Waals surface area contributed by atoms with Crippen LogP contribution in [0.25, 0.3) is 10.8 Å². The summed E-state index contributed by atoms with van der Waals surface area (Å²) in [6.45, 7) is 1.55. The van der Waals surface area contributed by atoms with E-state index in [9.17, 15) is 0 Å². The number of benzene rings is 2. The number of rotatable bonds is 5. The molecule has 2 unspecified atom stereocenters. The minimum atomic E-state index is 0.212. The van der Waals surface area contributed by atoms with Gasteiger partial charge in [-0.25, -0.2) is 0 Å². The van der Waals surface area contributed by atoms with Gasteiger partial charge in [-0.15, -0.1) is 0 Å². The van der Waals surface area contributed by atoms with E-state index in [2.05, 4.69) is 51.6 Å². The van der Waals surface area contributed by atoms with Gasteiger partial charge in [0.05, 0.1) is 12.2 Å². The first-order valence-electron chi connectivity index (χ1n) is 7.37. The fourth-order valence-corrected chi connectivity index (χ4v) is 3.13. The number of halogens is 1. The predicted octanol–water partition coefficient (Wildman–Crippen LogP) is 3.75. The Morgan fingerprint density at radius 1 is 1.14 bits per heavy atom. The van der Waals surface area contributed by atoms with Crippen molar-refractivity contribution in [1.82, 2.24) is 5.32 Å². The molecule has 3 rings (SSSR count). The molecule has 1 fully saturated rings. The topological polar surface area (TPSA) is 30.5 Å². The maximum atomic E-state index is 5.93. The number of hydrogen-bond donors (Lipinski definition) is 1. The predicted molar refractivity (Wildman–Crippen MR) is 89.0 cm³/mol. The molecular weight excluding hydrogens is 330 g/mol. The molecule has 1 aliphatic heterocycles. The first-order valence-corrected chi connectivity index (χ1v) is 8.16. The van der Waals surface area contributed by atoms with E-state index in [-0.39, 0.29) is 6.10 Å². The second kappa shape index (κ2) is 6.77. The Hall–Kier alpha value is -1.10. The fourth-order valence-electron chi connectivity index (χ4n) is 2.75. The zero-order valence-electron chi connectivity index (χ0n) is 12.1. The van der Waals surface area contributed by atoms with Crippen LogP contribution in [0.2, 0.25) is 0 Å². The van der Waals surface area contributed by atoms with Gasteiger partial charge >= 0.3 is 0 Å². The highest BCUT2D eigenvalue weighted by molar-refractivity contribution is 9.10. The van der Waals surface area contributed by atoms with Crippen LogP contribution in [0.5, 0.6) is 5.75 Å². The normalized spacial score (nSPS) is 21.8. The molecule has 0 radical (unpaired) electrons. The van der Waals surface area contributed by atoms with E-state index in [1.165, 1.54) is 10.8 Å². The van der Waals surface area contributed by atoms with E-state index in [4.69, 9.17) is 9.47 Å². The van der Waals surface area contributed by atoms with Crippen LogP contribution in [0.1, 0.15) is 12.8 Å². The van der Waals surface area contributed by atoms with E-state index < -0.39 is 0 Å². The average molecular weight is 350 g/mol. The van der Waals surface area contributed by atoms with Crippen LogP contribution in [0, 0.1) is 0 Å². The molecule has 0 aromatic heterocycles. The summed E-state index contributed by atoms with van der Waals surface area (Å²) in [5.74, 6) is 0.908. The van der Waals surface area contributed by atoms with E-state index in [0.29, 0.717) is 12.7 Å². The molecule has 1 saturated heterocycles. The number of hydrogen-bond acceptors (Lipinski definition) is 3. The third-order valence-corrected chi connectivity index (χ3v) is 4.33. The van der Waals surface area contributed by atoms with Crippen LogP contribution in [0.15, 0.2) is 40.9 Å². The van der Waals surface area contributed by atoms with Gasteiger partial charge in [0.15, 0.2) is 0 Å². The molecule has 0 spiro atoms. The number of fused-ring (bicyclic) bond motifs is 1. The molecule has 2 atom stereocenters. The van der Waals surface area contributed by atoms with Gasteiger partial charge in [-0.2, -0.15) is 0 Å². The summed E-state index contributed by atoms with van der Waals surface area (Å²) in [6.07, 6.45) is 2.73. The second-order valence-electron chi connectivity index (χ2n) is 5.48. The van der Waals surface area contributed by atoms with Crippen LogP contribution in [-0.4, -0.2) is 32.4 Å². The van der Waals surface area contributed by atoms with Crippen molar-refractivity contribution in [2.24, 2.45) is 0 Å². The summed E-state index contributed by atoms with van der Waals surface area (Å²) in [5.41, 5.74) is 0. The molecule has 0 bridgehead atoms. The molecule has 0 amide bonds. The molecule has 21 heavy (non-hydrogen) atoms. The lowest BCUT2D eigenvalue weighted by Gasteiger charge is -2.14. The van der Waals surface area contributed by atoms with E-state index in [1.54, 1.807) is 0 Å². The highest BCUT2D eigenvalue weighted by atomic mass is 79.9. The first-order chi connectivity index (χ1) is 10.2. The Bertz CT molecular complexity index is 617. The highest BCUT2D eigenvalue weighted by Crippen LogP contribution is 2.25. The first kappa shape index (κ1) is 14.8. The lowest BCUT2D eigenvalue weighted by Crippen LogP contribution is -2.25. The lowest BCUT2D eigenvalue weighted by atomic mass is 10.1. The minimum absolute atomic E-state index is 0.212. The van der Waals surface area contributed by atoms with Crippen molar-refractivity contribution in [3.05, 3.63) is 40.9 Å². The summed E-state index contributed by atoms with van der Waals surface area (Å²) in [7, 11) is 1.96. The molecule has 0 saturated carbocycles. The van der Waals surface area contributed by atoms with Crippen molar-refractivity contribution in [2.75, 3.05) is 20.2 Å². The maximum Gasteiger partial charge on any atom is 0.120 e. The van der Waals surface area contributed by atoms with Gasteiger partial charge in [-0.3, -0.25) is 0 Å². The summed E-state index contributed by atoms with van der Waals surface area (Å²) < 4.78 is 12.9. The Morgan fingerprint density at radius 2 is 1.90 bits per heavy atom. The van der Waals surface area contributed by atoms with Crippen molar-refractivity contribution in [3.63, 3.8) is 0 Å². The summed E-state index contributed by atoms with van der Waals surface area (Å²) in [6, 6.07) is 12.5. The largest absolute Gasteiger partial charge is 0.491 e. The Kier molecular flexibility index (Phi) is 4.78. The second-order valence-corrected chi connectivity index (χ2v) is 6.40. The Balaban J connectivity index is 1.59. The van der Waals surface area contributed by atoms with Crippen LogP contribution < -0.4 is 10.1 Å². The third kappa shape index (κ3) is 3.76. The summed E-state index contributed by atoms with van der Waals surface area (Å²) in [4.78, 5) is 0. The van der Waals surface area contributed by atoms with Crippen LogP contribution in [0.4, 0.5) is 0 Å². The van der Waals surface area contributed by atoms with Crippen LogP contribution in [-0.2, 0) is 4.74 Å². The van der Waals surface area contributed by atoms with Gasteiger partial charge in [0.2, 0.25) is 0 Å². The smallest absolute Gasteiger partial charge is 0.120 e. The lowest BCUT2D eigenvalue weighted by molar-refractivity contribution is 0.0194. The fraction of sp³-hybridized carbons (Fsp3) is 0.412. The number of likely N-dealkylation sites (N-methyl/N-ethyl adjacent to an activating group) is 1. The van der Waals surface area contributed by atoms with Gasteiger partial charge < -0.3 is 14.8 Å². The maximum absolute atomic E-state index is 5.93. The molecule has 1 N–H and O–H groups in total.